The molecule has 0 aliphatic carbocycles. The Kier molecular flexibility index (Phi) is 6.23. The van der Waals surface area contributed by atoms with E-state index in [-0.39, 0.29) is 11.9 Å². The van der Waals surface area contributed by atoms with Crippen LogP contribution in [0.5, 0.6) is 5.75 Å². The third-order valence-corrected chi connectivity index (χ3v) is 5.71. The quantitative estimate of drug-likeness (QED) is 0.541. The summed E-state index contributed by atoms with van der Waals surface area (Å²) in [6.45, 7) is 1.00. The van der Waals surface area contributed by atoms with Crippen molar-refractivity contribution >= 4 is 39.2 Å². The molecule has 0 bridgehead atoms. The molecule has 0 atom stereocenters. The van der Waals surface area contributed by atoms with Gasteiger partial charge in [0, 0.05) is 34.5 Å². The lowest BCUT2D eigenvalue weighted by Gasteiger charge is -2.18. The van der Waals surface area contributed by atoms with Crippen molar-refractivity contribution in [3.05, 3.63) is 87.9 Å². The highest BCUT2D eigenvalue weighted by Crippen LogP contribution is 2.30. The predicted molar refractivity (Wildman–Crippen MR) is 125 cm³/mol. The third-order valence-electron chi connectivity index (χ3n) is 5.18. The first-order valence-corrected chi connectivity index (χ1v) is 10.7. The Labute approximate surface area is 189 Å². The van der Waals surface area contributed by atoms with Crippen LogP contribution in [-0.2, 0) is 13.0 Å². The molecule has 0 saturated heterocycles. The van der Waals surface area contributed by atoms with Gasteiger partial charge in [-0.1, -0.05) is 28.1 Å². The minimum Gasteiger partial charge on any atom is -0.497 e. The van der Waals surface area contributed by atoms with Crippen molar-refractivity contribution in [3.8, 4) is 5.75 Å². The second kappa shape index (κ2) is 9.22. The van der Waals surface area contributed by atoms with Crippen molar-refractivity contribution in [3.63, 3.8) is 0 Å². The second-order valence-corrected chi connectivity index (χ2v) is 8.13. The van der Waals surface area contributed by atoms with Gasteiger partial charge in [0.2, 0.25) is 0 Å². The molecule has 31 heavy (non-hydrogen) atoms. The van der Waals surface area contributed by atoms with Crippen molar-refractivity contribution in [2.75, 3.05) is 23.9 Å². The number of ether oxygens (including phenoxy) is 1. The molecular formula is C24H22BrN3O3. The monoisotopic (exact) mass is 479 g/mol. The fraction of sp³-hybridized carbons (Fsp3) is 0.167. The summed E-state index contributed by atoms with van der Waals surface area (Å²) in [6, 6.07) is 20.2. The molecular weight excluding hydrogens is 458 g/mol. The molecule has 1 aliphatic rings. The van der Waals surface area contributed by atoms with Crippen molar-refractivity contribution in [1.82, 2.24) is 5.32 Å². The summed E-state index contributed by atoms with van der Waals surface area (Å²) in [5.74, 6) is 0.674. The molecule has 1 aliphatic heterocycles. The van der Waals surface area contributed by atoms with E-state index in [1.807, 2.05) is 42.5 Å². The second-order valence-electron chi connectivity index (χ2n) is 7.21. The van der Waals surface area contributed by atoms with Crippen molar-refractivity contribution in [1.29, 1.82) is 0 Å². The summed E-state index contributed by atoms with van der Waals surface area (Å²) in [7, 11) is 1.60. The van der Waals surface area contributed by atoms with Crippen LogP contribution in [0.2, 0.25) is 0 Å². The molecule has 6 nitrogen and oxygen atoms in total. The van der Waals surface area contributed by atoms with E-state index in [0.29, 0.717) is 30.1 Å². The van der Waals surface area contributed by atoms with Gasteiger partial charge in [0.05, 0.1) is 7.11 Å². The summed E-state index contributed by atoms with van der Waals surface area (Å²) in [5, 5.41) is 5.67. The first kappa shape index (κ1) is 20.9. The van der Waals surface area contributed by atoms with Crippen LogP contribution in [-0.4, -0.2) is 25.6 Å². The SMILES string of the molecule is COc1ccc(C(=O)N2CCc3ccc(CNC(=O)Nc4ccc(Br)cc4)cc32)cc1. The molecule has 3 aromatic rings. The summed E-state index contributed by atoms with van der Waals surface area (Å²) in [5.41, 5.74) is 4.29. The highest BCUT2D eigenvalue weighted by Gasteiger charge is 2.25. The molecule has 2 N–H and O–H groups in total. The number of fused-ring (bicyclic) bond motifs is 1. The molecule has 0 fully saturated rings. The number of hydrogen-bond acceptors (Lipinski definition) is 3. The van der Waals surface area contributed by atoms with Crippen LogP contribution < -0.4 is 20.3 Å². The number of nitrogens with zero attached hydrogens (tertiary/aromatic N) is 1. The number of carbonyl (C=O) groups is 2. The van der Waals surface area contributed by atoms with Crippen LogP contribution in [0.15, 0.2) is 71.2 Å². The summed E-state index contributed by atoms with van der Waals surface area (Å²) in [6.07, 6.45) is 0.814. The zero-order chi connectivity index (χ0) is 21.8. The molecule has 0 saturated carbocycles. The van der Waals surface area contributed by atoms with Gasteiger partial charge in [-0.2, -0.15) is 0 Å². The fourth-order valence-electron chi connectivity index (χ4n) is 3.53. The Morgan fingerprint density at radius 3 is 2.48 bits per heavy atom. The molecule has 7 heteroatoms. The van der Waals surface area contributed by atoms with Crippen LogP contribution in [0.3, 0.4) is 0 Å². The molecule has 0 radical (unpaired) electrons. The normalized spacial score (nSPS) is 12.3. The lowest BCUT2D eigenvalue weighted by Crippen LogP contribution is -2.29. The van der Waals surface area contributed by atoms with Crippen LogP contribution in [0.1, 0.15) is 21.5 Å². The van der Waals surface area contributed by atoms with Crippen molar-refractivity contribution < 1.29 is 14.3 Å². The summed E-state index contributed by atoms with van der Waals surface area (Å²) in [4.78, 5) is 27.0. The van der Waals surface area contributed by atoms with E-state index >= 15 is 0 Å². The highest BCUT2D eigenvalue weighted by atomic mass is 79.9. The average molecular weight is 480 g/mol. The molecule has 0 unspecified atom stereocenters. The van der Waals surface area contributed by atoms with Gasteiger partial charge in [-0.25, -0.2) is 4.79 Å². The van der Waals surface area contributed by atoms with E-state index in [1.165, 1.54) is 0 Å². The van der Waals surface area contributed by atoms with E-state index in [0.717, 1.165) is 27.7 Å². The van der Waals surface area contributed by atoms with E-state index < -0.39 is 0 Å². The number of anilines is 2. The largest absolute Gasteiger partial charge is 0.497 e. The minimum absolute atomic E-state index is 0.0421. The number of benzene rings is 3. The summed E-state index contributed by atoms with van der Waals surface area (Å²) < 4.78 is 6.12. The lowest BCUT2D eigenvalue weighted by molar-refractivity contribution is 0.0989. The number of urea groups is 1. The van der Waals surface area contributed by atoms with Crippen molar-refractivity contribution in [2.24, 2.45) is 0 Å². The Balaban J connectivity index is 1.42. The minimum atomic E-state index is -0.283. The van der Waals surface area contributed by atoms with Crippen LogP contribution >= 0.6 is 15.9 Å². The number of halogens is 1. The first-order chi connectivity index (χ1) is 15.0. The van der Waals surface area contributed by atoms with Gasteiger partial charge in [-0.15, -0.1) is 0 Å². The topological polar surface area (TPSA) is 70.7 Å². The van der Waals surface area contributed by atoms with Gasteiger partial charge >= 0.3 is 6.03 Å². The lowest BCUT2D eigenvalue weighted by atomic mass is 10.1. The summed E-state index contributed by atoms with van der Waals surface area (Å²) >= 11 is 3.37. The molecule has 3 amide bonds. The number of hydrogen-bond donors (Lipinski definition) is 2. The van der Waals surface area contributed by atoms with Gasteiger partial charge in [0.1, 0.15) is 5.75 Å². The van der Waals surface area contributed by atoms with E-state index in [4.69, 9.17) is 4.74 Å². The molecule has 1 heterocycles. The Bertz CT molecular complexity index is 1100. The zero-order valence-electron chi connectivity index (χ0n) is 17.0. The number of carbonyl (C=O) groups excluding carboxylic acids is 2. The van der Waals surface area contributed by atoms with Crippen LogP contribution in [0.25, 0.3) is 0 Å². The van der Waals surface area contributed by atoms with Crippen LogP contribution in [0, 0.1) is 0 Å². The van der Waals surface area contributed by atoms with Crippen LogP contribution in [0.4, 0.5) is 16.2 Å². The van der Waals surface area contributed by atoms with Gasteiger partial charge in [0.25, 0.3) is 5.91 Å². The molecule has 0 spiro atoms. The molecule has 4 rings (SSSR count). The van der Waals surface area contributed by atoms with E-state index in [9.17, 15) is 9.59 Å². The Morgan fingerprint density at radius 2 is 1.77 bits per heavy atom. The maximum atomic E-state index is 13.0. The molecule has 158 valence electrons. The standard InChI is InChI=1S/C24H22BrN3O3/c1-31-21-10-4-18(5-11-21)23(29)28-13-12-17-3-2-16(14-22(17)28)15-26-24(30)27-20-8-6-19(25)7-9-20/h2-11,14H,12-13,15H2,1H3,(H2,26,27,30). The van der Waals surface area contributed by atoms with Gasteiger partial charge in [-0.3, -0.25) is 4.79 Å². The molecule has 0 aromatic heterocycles. The smallest absolute Gasteiger partial charge is 0.319 e. The Morgan fingerprint density at radius 1 is 1.03 bits per heavy atom. The fourth-order valence-corrected chi connectivity index (χ4v) is 3.79. The van der Waals surface area contributed by atoms with E-state index in [1.54, 1.807) is 36.3 Å². The van der Waals surface area contributed by atoms with Gasteiger partial charge in [0.15, 0.2) is 0 Å². The maximum absolute atomic E-state index is 13.0. The number of amides is 3. The van der Waals surface area contributed by atoms with Gasteiger partial charge < -0.3 is 20.3 Å². The van der Waals surface area contributed by atoms with E-state index in [2.05, 4.69) is 26.6 Å². The number of rotatable bonds is 5. The average Bonchev–Trinajstić information content (AvgIpc) is 3.22. The first-order valence-electron chi connectivity index (χ1n) is 9.91. The maximum Gasteiger partial charge on any atom is 0.319 e. The number of methoxy groups -OCH3 is 1. The third kappa shape index (κ3) is 4.88. The predicted octanol–water partition coefficient (Wildman–Crippen LogP) is 4.98. The van der Waals surface area contributed by atoms with Gasteiger partial charge in [-0.05, 0) is 72.1 Å². The Hall–Kier alpha value is -3.32. The van der Waals surface area contributed by atoms with Crippen molar-refractivity contribution in [2.45, 2.75) is 13.0 Å². The zero-order valence-corrected chi connectivity index (χ0v) is 18.6. The molecule has 3 aromatic carbocycles. The highest BCUT2D eigenvalue weighted by molar-refractivity contribution is 9.10. The number of nitrogens with one attached hydrogen (secondary N) is 2.